The fraction of sp³-hybridized carbons (Fsp3) is 0.385. The third-order valence-electron chi connectivity index (χ3n) is 7.01. The van der Waals surface area contributed by atoms with Crippen LogP contribution in [0.4, 0.5) is 0 Å². The molecule has 1 aliphatic carbocycles. The normalized spacial score (nSPS) is 25.1. The Morgan fingerprint density at radius 3 is 2.52 bits per heavy atom. The summed E-state index contributed by atoms with van der Waals surface area (Å²) in [5.41, 5.74) is 4.76. The molecule has 5 rings (SSSR count). The van der Waals surface area contributed by atoms with Gasteiger partial charge in [-0.05, 0) is 41.5 Å². The highest BCUT2D eigenvalue weighted by atomic mass is 16.3. The van der Waals surface area contributed by atoms with Gasteiger partial charge in [-0.15, -0.1) is 0 Å². The molecule has 2 aliphatic heterocycles. The molecule has 31 heavy (non-hydrogen) atoms. The van der Waals surface area contributed by atoms with E-state index in [2.05, 4.69) is 30.3 Å². The number of hydrogen-bond donors (Lipinski definition) is 1. The molecular weight excluding hydrogens is 388 g/mol. The Kier molecular flexibility index (Phi) is 5.36. The van der Waals surface area contributed by atoms with Crippen molar-refractivity contribution in [2.45, 2.75) is 43.7 Å². The second-order valence-electron chi connectivity index (χ2n) is 8.82. The fourth-order valence-electron chi connectivity index (χ4n) is 5.42. The van der Waals surface area contributed by atoms with Gasteiger partial charge in [-0.3, -0.25) is 9.59 Å². The van der Waals surface area contributed by atoms with Crippen molar-refractivity contribution in [3.63, 3.8) is 0 Å². The number of fused-ring (bicyclic) bond motifs is 1. The van der Waals surface area contributed by atoms with Crippen LogP contribution in [-0.2, 0) is 16.0 Å². The minimum absolute atomic E-state index is 0.0195. The highest BCUT2D eigenvalue weighted by molar-refractivity contribution is 5.88. The Hall–Kier alpha value is -2.92. The van der Waals surface area contributed by atoms with Gasteiger partial charge in [0, 0.05) is 12.5 Å². The Bertz CT molecular complexity index is 999. The summed E-state index contributed by atoms with van der Waals surface area (Å²) in [5, 5.41) is 9.99. The number of carbonyl (C=O) groups excluding carboxylic acids is 2. The van der Waals surface area contributed by atoms with Crippen LogP contribution in [0.15, 0.2) is 60.7 Å². The van der Waals surface area contributed by atoms with Crippen molar-refractivity contribution in [1.29, 1.82) is 0 Å². The molecule has 3 aliphatic rings. The maximum absolute atomic E-state index is 12.9. The Labute approximate surface area is 183 Å². The molecule has 0 aromatic heterocycles. The molecule has 1 N–H and O–H groups in total. The van der Waals surface area contributed by atoms with Gasteiger partial charge in [0.05, 0.1) is 31.7 Å². The van der Waals surface area contributed by atoms with Crippen LogP contribution in [0, 0.1) is 0 Å². The van der Waals surface area contributed by atoms with E-state index in [0.717, 1.165) is 24.0 Å². The van der Waals surface area contributed by atoms with Crippen LogP contribution >= 0.6 is 0 Å². The van der Waals surface area contributed by atoms with Gasteiger partial charge in [-0.25, -0.2) is 0 Å². The zero-order valence-electron chi connectivity index (χ0n) is 17.6. The van der Waals surface area contributed by atoms with E-state index in [-0.39, 0.29) is 43.0 Å². The summed E-state index contributed by atoms with van der Waals surface area (Å²) in [6, 6.07) is 17.9. The number of aliphatic hydroxyl groups excluding tert-OH is 1. The number of allylic oxidation sites excluding steroid dienone is 2. The summed E-state index contributed by atoms with van der Waals surface area (Å²) in [4.78, 5) is 29.2. The van der Waals surface area contributed by atoms with E-state index >= 15 is 0 Å². The maximum atomic E-state index is 12.9. The van der Waals surface area contributed by atoms with Crippen LogP contribution < -0.4 is 0 Å². The SMILES string of the molecule is O=C(Cc1ccccc1)N1CC(=O)N2[C@H](C1)[C@H](c1ccc(C3=CCCC3)cc1)[C@@H]2CO. The molecule has 2 fully saturated rings. The summed E-state index contributed by atoms with van der Waals surface area (Å²) < 4.78 is 0. The zero-order valence-corrected chi connectivity index (χ0v) is 17.6. The molecule has 2 heterocycles. The van der Waals surface area contributed by atoms with E-state index in [0.29, 0.717) is 13.0 Å². The first kappa shape index (κ1) is 20.0. The highest BCUT2D eigenvalue weighted by Crippen LogP contribution is 2.43. The largest absolute Gasteiger partial charge is 0.394 e. The second-order valence-corrected chi connectivity index (χ2v) is 8.82. The van der Waals surface area contributed by atoms with Gasteiger partial charge in [0.2, 0.25) is 11.8 Å². The van der Waals surface area contributed by atoms with E-state index in [9.17, 15) is 14.7 Å². The van der Waals surface area contributed by atoms with Crippen molar-refractivity contribution in [1.82, 2.24) is 9.80 Å². The van der Waals surface area contributed by atoms with Crippen molar-refractivity contribution in [3.8, 4) is 0 Å². The Morgan fingerprint density at radius 2 is 1.84 bits per heavy atom. The van der Waals surface area contributed by atoms with Gasteiger partial charge >= 0.3 is 0 Å². The predicted octanol–water partition coefficient (Wildman–Crippen LogP) is 2.99. The molecule has 5 heteroatoms. The number of nitrogens with zero attached hydrogens (tertiary/aromatic N) is 2. The Morgan fingerprint density at radius 1 is 1.06 bits per heavy atom. The van der Waals surface area contributed by atoms with E-state index in [1.54, 1.807) is 9.80 Å². The lowest BCUT2D eigenvalue weighted by molar-refractivity contribution is -0.166. The van der Waals surface area contributed by atoms with Crippen LogP contribution in [0.3, 0.4) is 0 Å². The van der Waals surface area contributed by atoms with Crippen LogP contribution in [0.1, 0.15) is 41.9 Å². The first-order chi connectivity index (χ1) is 15.2. The number of piperazine rings is 1. The number of carbonyl (C=O) groups is 2. The van der Waals surface area contributed by atoms with E-state index in [1.165, 1.54) is 17.6 Å². The number of aliphatic hydroxyl groups is 1. The minimum atomic E-state index is -0.208. The molecule has 2 aromatic carbocycles. The van der Waals surface area contributed by atoms with Crippen molar-refractivity contribution in [2.24, 2.45) is 0 Å². The average Bonchev–Trinajstić information content (AvgIpc) is 3.31. The van der Waals surface area contributed by atoms with Crippen molar-refractivity contribution < 1.29 is 14.7 Å². The minimum Gasteiger partial charge on any atom is -0.394 e. The monoisotopic (exact) mass is 416 g/mol. The molecule has 2 amide bonds. The second kappa shape index (κ2) is 8.31. The molecule has 2 saturated heterocycles. The summed E-state index contributed by atoms with van der Waals surface area (Å²) in [7, 11) is 0. The quantitative estimate of drug-likeness (QED) is 0.815. The zero-order chi connectivity index (χ0) is 21.4. The molecule has 160 valence electrons. The van der Waals surface area contributed by atoms with Gasteiger partial charge < -0.3 is 14.9 Å². The lowest BCUT2D eigenvalue weighted by atomic mass is 9.73. The third-order valence-corrected chi connectivity index (χ3v) is 7.01. The van der Waals surface area contributed by atoms with E-state index in [1.807, 2.05) is 30.3 Å². The van der Waals surface area contributed by atoms with E-state index < -0.39 is 0 Å². The maximum Gasteiger partial charge on any atom is 0.242 e. The van der Waals surface area contributed by atoms with E-state index in [4.69, 9.17) is 0 Å². The van der Waals surface area contributed by atoms with Gasteiger partial charge in [0.25, 0.3) is 0 Å². The van der Waals surface area contributed by atoms with Crippen LogP contribution in [-0.4, -0.2) is 58.5 Å². The number of hydrogen-bond acceptors (Lipinski definition) is 3. The highest BCUT2D eigenvalue weighted by Gasteiger charge is 2.54. The summed E-state index contributed by atoms with van der Waals surface area (Å²) in [5.74, 6) is -0.0394. The van der Waals surface area contributed by atoms with Gasteiger partial charge in [-0.1, -0.05) is 60.7 Å². The smallest absolute Gasteiger partial charge is 0.242 e. The Balaban J connectivity index is 1.33. The van der Waals surface area contributed by atoms with Crippen molar-refractivity contribution >= 4 is 17.4 Å². The fourth-order valence-corrected chi connectivity index (χ4v) is 5.42. The standard InChI is InChI=1S/C26H28N2O3/c29-17-23-26(21-12-10-20(11-13-21)19-8-4-5-9-19)22-15-27(16-25(31)28(22)23)24(30)14-18-6-2-1-3-7-18/h1-3,6-8,10-13,22-23,26,29H,4-5,9,14-17H2/t22-,23+,26+/m1/s1. The summed E-state index contributed by atoms with van der Waals surface area (Å²) in [6.07, 6.45) is 6.12. The summed E-state index contributed by atoms with van der Waals surface area (Å²) >= 11 is 0. The average molecular weight is 417 g/mol. The molecule has 0 saturated carbocycles. The first-order valence-corrected chi connectivity index (χ1v) is 11.2. The van der Waals surface area contributed by atoms with Crippen molar-refractivity contribution in [2.75, 3.05) is 19.7 Å². The molecule has 5 nitrogen and oxygen atoms in total. The molecule has 0 spiro atoms. The van der Waals surface area contributed by atoms with Crippen LogP contribution in [0.25, 0.3) is 5.57 Å². The topological polar surface area (TPSA) is 60.9 Å². The van der Waals surface area contributed by atoms with Gasteiger partial charge in [0.1, 0.15) is 0 Å². The molecule has 0 bridgehead atoms. The van der Waals surface area contributed by atoms with Gasteiger partial charge in [-0.2, -0.15) is 0 Å². The number of rotatable bonds is 5. The lowest BCUT2D eigenvalue weighted by Gasteiger charge is -2.58. The molecule has 3 atom stereocenters. The van der Waals surface area contributed by atoms with Crippen molar-refractivity contribution in [3.05, 3.63) is 77.4 Å². The third kappa shape index (κ3) is 3.68. The summed E-state index contributed by atoms with van der Waals surface area (Å²) in [6.45, 7) is 0.557. The molecule has 0 unspecified atom stereocenters. The van der Waals surface area contributed by atoms with Gasteiger partial charge in [0.15, 0.2) is 0 Å². The predicted molar refractivity (Wildman–Crippen MR) is 119 cm³/mol. The molecule has 0 radical (unpaired) electrons. The first-order valence-electron chi connectivity index (χ1n) is 11.2. The molecule has 2 aromatic rings. The number of benzene rings is 2. The molecular formula is C26H28N2O3. The number of amides is 2. The van der Waals surface area contributed by atoms with Crippen LogP contribution in [0.5, 0.6) is 0 Å². The lowest BCUT2D eigenvalue weighted by Crippen LogP contribution is -2.73. The van der Waals surface area contributed by atoms with Crippen LogP contribution in [0.2, 0.25) is 0 Å².